The molecule has 0 aliphatic heterocycles. The first-order chi connectivity index (χ1) is 10.0. The SMILES string of the molecule is COc1cccc(Cl)c1CNc1cc(C)c([N+](=O)[O-])cn1. The Bertz CT molecular complexity index is 677. The van der Waals surface area contributed by atoms with Crippen LogP contribution in [-0.2, 0) is 6.54 Å². The lowest BCUT2D eigenvalue weighted by molar-refractivity contribution is -0.385. The number of anilines is 1. The number of halogens is 1. The van der Waals surface area contributed by atoms with Gasteiger partial charge in [0.15, 0.2) is 0 Å². The second-order valence-electron chi connectivity index (χ2n) is 4.39. The Morgan fingerprint density at radius 1 is 1.48 bits per heavy atom. The maximum atomic E-state index is 10.8. The molecule has 7 heteroatoms. The quantitative estimate of drug-likeness (QED) is 0.675. The lowest BCUT2D eigenvalue weighted by atomic mass is 10.2. The lowest BCUT2D eigenvalue weighted by Gasteiger charge is -2.12. The summed E-state index contributed by atoms with van der Waals surface area (Å²) in [6.45, 7) is 2.08. The molecular weight excluding hydrogens is 294 g/mol. The van der Waals surface area contributed by atoms with Crippen LogP contribution >= 0.6 is 11.6 Å². The predicted octanol–water partition coefficient (Wildman–Crippen LogP) is 3.57. The molecule has 0 bridgehead atoms. The summed E-state index contributed by atoms with van der Waals surface area (Å²) in [5.41, 5.74) is 1.35. The molecule has 1 aromatic heterocycles. The van der Waals surface area contributed by atoms with E-state index in [1.165, 1.54) is 6.20 Å². The van der Waals surface area contributed by atoms with Gasteiger partial charge in [0.25, 0.3) is 5.69 Å². The number of rotatable bonds is 5. The van der Waals surface area contributed by atoms with Gasteiger partial charge in [0.05, 0.1) is 12.0 Å². The van der Waals surface area contributed by atoms with E-state index in [2.05, 4.69) is 10.3 Å². The van der Waals surface area contributed by atoms with Gasteiger partial charge < -0.3 is 10.1 Å². The molecule has 2 aromatic rings. The minimum Gasteiger partial charge on any atom is -0.496 e. The number of benzene rings is 1. The molecule has 2 rings (SSSR count). The summed E-state index contributed by atoms with van der Waals surface area (Å²) in [6, 6.07) is 7.02. The molecule has 1 N–H and O–H groups in total. The van der Waals surface area contributed by atoms with E-state index in [4.69, 9.17) is 16.3 Å². The molecule has 0 radical (unpaired) electrons. The van der Waals surface area contributed by atoms with Crippen LogP contribution in [0, 0.1) is 17.0 Å². The summed E-state index contributed by atoms with van der Waals surface area (Å²) in [5.74, 6) is 1.22. The average molecular weight is 308 g/mol. The largest absolute Gasteiger partial charge is 0.496 e. The van der Waals surface area contributed by atoms with Gasteiger partial charge in [-0.3, -0.25) is 10.1 Å². The van der Waals surface area contributed by atoms with Crippen molar-refractivity contribution in [3.05, 3.63) is 56.7 Å². The summed E-state index contributed by atoms with van der Waals surface area (Å²) in [5, 5.41) is 14.4. The Kier molecular flexibility index (Phi) is 4.59. The van der Waals surface area contributed by atoms with Crippen LogP contribution in [0.1, 0.15) is 11.1 Å². The maximum Gasteiger partial charge on any atom is 0.290 e. The predicted molar refractivity (Wildman–Crippen MR) is 81.0 cm³/mol. The Hall–Kier alpha value is -2.34. The molecular formula is C14H14ClN3O3. The smallest absolute Gasteiger partial charge is 0.290 e. The first kappa shape index (κ1) is 15.1. The fourth-order valence-corrected chi connectivity index (χ4v) is 2.15. The van der Waals surface area contributed by atoms with E-state index in [9.17, 15) is 10.1 Å². The fraction of sp³-hybridized carbons (Fsp3) is 0.214. The molecule has 0 aliphatic carbocycles. The molecule has 1 heterocycles. The van der Waals surface area contributed by atoms with E-state index < -0.39 is 4.92 Å². The van der Waals surface area contributed by atoms with Crippen molar-refractivity contribution in [1.29, 1.82) is 0 Å². The van der Waals surface area contributed by atoms with Gasteiger partial charge >= 0.3 is 0 Å². The third kappa shape index (κ3) is 3.41. The molecule has 0 fully saturated rings. The van der Waals surface area contributed by atoms with Crippen LogP contribution in [0.25, 0.3) is 0 Å². The van der Waals surface area contributed by atoms with Crippen LogP contribution in [0.2, 0.25) is 5.02 Å². The second-order valence-corrected chi connectivity index (χ2v) is 4.79. The first-order valence-electron chi connectivity index (χ1n) is 6.19. The topological polar surface area (TPSA) is 77.3 Å². The Labute approximate surface area is 126 Å². The van der Waals surface area contributed by atoms with Crippen LogP contribution in [0.5, 0.6) is 5.75 Å². The standard InChI is InChI=1S/C14H14ClN3O3/c1-9-6-14(17-8-12(9)18(19)20)16-7-10-11(15)4-3-5-13(10)21-2/h3-6,8H,7H2,1-2H3,(H,16,17). The zero-order valence-corrected chi connectivity index (χ0v) is 12.3. The Morgan fingerprint density at radius 2 is 2.24 bits per heavy atom. The van der Waals surface area contributed by atoms with Gasteiger partial charge in [-0.05, 0) is 25.1 Å². The number of hydrogen-bond acceptors (Lipinski definition) is 5. The average Bonchev–Trinajstić information content (AvgIpc) is 2.45. The monoisotopic (exact) mass is 307 g/mol. The molecule has 6 nitrogen and oxygen atoms in total. The summed E-state index contributed by atoms with van der Waals surface area (Å²) >= 11 is 6.14. The molecule has 0 unspecified atom stereocenters. The number of nitro groups is 1. The zero-order chi connectivity index (χ0) is 15.4. The number of aryl methyl sites for hydroxylation is 1. The van der Waals surface area contributed by atoms with Gasteiger partial charge in [0.1, 0.15) is 17.8 Å². The van der Waals surface area contributed by atoms with E-state index in [0.29, 0.717) is 28.7 Å². The third-order valence-electron chi connectivity index (χ3n) is 3.02. The molecule has 21 heavy (non-hydrogen) atoms. The second kappa shape index (κ2) is 6.41. The number of hydrogen-bond donors (Lipinski definition) is 1. The van der Waals surface area contributed by atoms with Gasteiger partial charge in [-0.25, -0.2) is 4.98 Å². The highest BCUT2D eigenvalue weighted by Gasteiger charge is 2.12. The molecule has 1 aromatic carbocycles. The zero-order valence-electron chi connectivity index (χ0n) is 11.6. The van der Waals surface area contributed by atoms with E-state index in [-0.39, 0.29) is 5.69 Å². The lowest BCUT2D eigenvalue weighted by Crippen LogP contribution is -2.05. The van der Waals surface area contributed by atoms with E-state index >= 15 is 0 Å². The summed E-state index contributed by atoms with van der Waals surface area (Å²) in [6.07, 6.45) is 1.24. The van der Waals surface area contributed by atoms with Gasteiger partial charge in [-0.1, -0.05) is 17.7 Å². The number of pyridine rings is 1. The van der Waals surface area contributed by atoms with Crippen molar-refractivity contribution in [2.45, 2.75) is 13.5 Å². The Morgan fingerprint density at radius 3 is 2.86 bits per heavy atom. The Balaban J connectivity index is 2.17. The van der Waals surface area contributed by atoms with Crippen LogP contribution in [-0.4, -0.2) is 17.0 Å². The molecule has 0 saturated heterocycles. The number of methoxy groups -OCH3 is 1. The maximum absolute atomic E-state index is 10.8. The van der Waals surface area contributed by atoms with Crippen molar-refractivity contribution >= 4 is 23.1 Å². The molecule has 0 atom stereocenters. The van der Waals surface area contributed by atoms with Crippen molar-refractivity contribution in [3.63, 3.8) is 0 Å². The van der Waals surface area contributed by atoms with E-state index in [0.717, 1.165) is 5.56 Å². The molecule has 0 aliphatic rings. The summed E-state index contributed by atoms with van der Waals surface area (Å²) in [4.78, 5) is 14.3. The van der Waals surface area contributed by atoms with Crippen molar-refractivity contribution in [1.82, 2.24) is 4.98 Å². The van der Waals surface area contributed by atoms with Crippen LogP contribution < -0.4 is 10.1 Å². The number of nitrogens with one attached hydrogen (secondary N) is 1. The van der Waals surface area contributed by atoms with Crippen molar-refractivity contribution in [2.75, 3.05) is 12.4 Å². The number of aromatic nitrogens is 1. The highest BCUT2D eigenvalue weighted by atomic mass is 35.5. The molecule has 0 spiro atoms. The highest BCUT2D eigenvalue weighted by Crippen LogP contribution is 2.27. The number of ether oxygens (including phenoxy) is 1. The van der Waals surface area contributed by atoms with Gasteiger partial charge in [-0.15, -0.1) is 0 Å². The van der Waals surface area contributed by atoms with Crippen molar-refractivity contribution in [2.24, 2.45) is 0 Å². The van der Waals surface area contributed by atoms with Crippen LogP contribution in [0.4, 0.5) is 11.5 Å². The van der Waals surface area contributed by atoms with Gasteiger partial charge in [-0.2, -0.15) is 0 Å². The van der Waals surface area contributed by atoms with Crippen LogP contribution in [0.3, 0.4) is 0 Å². The molecule has 0 amide bonds. The number of nitrogens with zero attached hydrogens (tertiary/aromatic N) is 2. The minimum absolute atomic E-state index is 0.00382. The first-order valence-corrected chi connectivity index (χ1v) is 6.57. The highest BCUT2D eigenvalue weighted by molar-refractivity contribution is 6.31. The van der Waals surface area contributed by atoms with Crippen molar-refractivity contribution < 1.29 is 9.66 Å². The van der Waals surface area contributed by atoms with Crippen molar-refractivity contribution in [3.8, 4) is 5.75 Å². The normalized spacial score (nSPS) is 10.2. The van der Waals surface area contributed by atoms with E-state index in [1.54, 1.807) is 32.2 Å². The molecule has 110 valence electrons. The van der Waals surface area contributed by atoms with E-state index in [1.807, 2.05) is 6.07 Å². The summed E-state index contributed by atoms with van der Waals surface area (Å²) < 4.78 is 5.25. The third-order valence-corrected chi connectivity index (χ3v) is 3.38. The fourth-order valence-electron chi connectivity index (χ4n) is 1.92. The summed E-state index contributed by atoms with van der Waals surface area (Å²) in [7, 11) is 1.57. The minimum atomic E-state index is -0.455. The van der Waals surface area contributed by atoms with Gasteiger partial charge in [0, 0.05) is 22.7 Å². The molecule has 0 saturated carbocycles. The van der Waals surface area contributed by atoms with Gasteiger partial charge in [0.2, 0.25) is 0 Å². The van der Waals surface area contributed by atoms with Crippen LogP contribution in [0.15, 0.2) is 30.5 Å².